The van der Waals surface area contributed by atoms with Gasteiger partial charge < -0.3 is 0 Å². The van der Waals surface area contributed by atoms with Crippen LogP contribution in [0.15, 0.2) is 12.1 Å². The summed E-state index contributed by atoms with van der Waals surface area (Å²) in [6, 6.07) is 4.77. The summed E-state index contributed by atoms with van der Waals surface area (Å²) in [6.07, 6.45) is 1.99. The van der Waals surface area contributed by atoms with Crippen LogP contribution in [0.1, 0.15) is 32.5 Å². The Morgan fingerprint density at radius 3 is 1.70 bits per heavy atom. The van der Waals surface area contributed by atoms with Crippen molar-refractivity contribution in [2.24, 2.45) is 0 Å². The molecule has 0 saturated heterocycles. The molecule has 0 spiro atoms. The van der Waals surface area contributed by atoms with Crippen molar-refractivity contribution in [3.05, 3.63) is 44.7 Å². The van der Waals surface area contributed by atoms with Crippen molar-refractivity contribution in [2.45, 2.75) is 26.7 Å². The van der Waals surface area contributed by atoms with Crippen molar-refractivity contribution in [3.63, 3.8) is 0 Å². The van der Waals surface area contributed by atoms with Crippen molar-refractivity contribution >= 4 is 22.7 Å². The van der Waals surface area contributed by atoms with Gasteiger partial charge in [-0.25, -0.2) is 9.97 Å². The second-order valence-electron chi connectivity index (χ2n) is 5.54. The van der Waals surface area contributed by atoms with Crippen LogP contribution in [0.5, 0.6) is 0 Å². The van der Waals surface area contributed by atoms with E-state index in [2.05, 4.69) is 35.9 Å². The van der Waals surface area contributed by atoms with Crippen LogP contribution in [-0.4, -0.2) is 9.97 Å². The molecule has 1 aromatic carbocycles. The van der Waals surface area contributed by atoms with Gasteiger partial charge in [0, 0.05) is 12.8 Å². The minimum atomic E-state index is 0.995. The summed E-state index contributed by atoms with van der Waals surface area (Å²) in [7, 11) is 0. The van der Waals surface area contributed by atoms with Gasteiger partial charge in [0.2, 0.25) is 0 Å². The van der Waals surface area contributed by atoms with Crippen LogP contribution < -0.4 is 0 Å². The van der Waals surface area contributed by atoms with E-state index in [9.17, 15) is 0 Å². The molecule has 0 unspecified atom stereocenters. The molecule has 98 valence electrons. The molecule has 2 aromatic heterocycles. The van der Waals surface area contributed by atoms with E-state index in [1.54, 1.807) is 0 Å². The Hall–Kier alpha value is -1.52. The number of benzene rings is 1. The largest absolute Gasteiger partial charge is 0.246 e. The predicted molar refractivity (Wildman–Crippen MR) is 83.7 cm³/mol. The van der Waals surface area contributed by atoms with Gasteiger partial charge in [-0.05, 0) is 48.2 Å². The monoisotopic (exact) mass is 296 g/mol. The first-order valence-corrected chi connectivity index (χ1v) is 8.41. The Morgan fingerprint density at radius 1 is 0.800 bits per heavy atom. The van der Waals surface area contributed by atoms with E-state index in [-0.39, 0.29) is 0 Å². The lowest BCUT2D eigenvalue weighted by atomic mass is 10.0. The van der Waals surface area contributed by atoms with Crippen LogP contribution >= 0.6 is 22.7 Å². The average molecular weight is 296 g/mol. The first-order chi connectivity index (χ1) is 9.69. The SMILES string of the molecule is Cc1nc2c(s1)-c1cc3c(cc1C2)-c1sc(C)nc1C3. The van der Waals surface area contributed by atoms with E-state index in [1.807, 2.05) is 22.7 Å². The van der Waals surface area contributed by atoms with Crippen molar-refractivity contribution < 1.29 is 0 Å². The van der Waals surface area contributed by atoms with E-state index in [0.717, 1.165) is 12.8 Å². The van der Waals surface area contributed by atoms with Gasteiger partial charge >= 0.3 is 0 Å². The number of aromatic nitrogens is 2. The number of hydrogen-bond acceptors (Lipinski definition) is 4. The normalized spacial score (nSPS) is 14.1. The Balaban J connectivity index is 1.74. The molecule has 0 N–H and O–H groups in total. The van der Waals surface area contributed by atoms with E-state index in [1.165, 1.54) is 53.4 Å². The number of fused-ring (bicyclic) bond motifs is 6. The van der Waals surface area contributed by atoms with Crippen LogP contribution in [0, 0.1) is 13.8 Å². The quantitative estimate of drug-likeness (QED) is 0.424. The molecule has 5 rings (SSSR count). The van der Waals surface area contributed by atoms with Crippen molar-refractivity contribution in [1.29, 1.82) is 0 Å². The Morgan fingerprint density at radius 2 is 1.25 bits per heavy atom. The average Bonchev–Trinajstić information content (AvgIpc) is 3.06. The van der Waals surface area contributed by atoms with Gasteiger partial charge in [0.1, 0.15) is 0 Å². The molecule has 0 aliphatic heterocycles. The molecule has 0 atom stereocenters. The third kappa shape index (κ3) is 1.33. The molecule has 2 aliphatic carbocycles. The summed E-state index contributed by atoms with van der Waals surface area (Å²) in [4.78, 5) is 12.1. The fraction of sp³-hybridized carbons (Fsp3) is 0.250. The van der Waals surface area contributed by atoms with E-state index in [4.69, 9.17) is 0 Å². The van der Waals surface area contributed by atoms with Crippen molar-refractivity contribution in [2.75, 3.05) is 0 Å². The zero-order valence-electron chi connectivity index (χ0n) is 11.3. The molecule has 2 nitrogen and oxygen atoms in total. The third-order valence-corrected chi connectivity index (χ3v) is 6.24. The number of hydrogen-bond donors (Lipinski definition) is 0. The highest BCUT2D eigenvalue weighted by atomic mass is 32.1. The minimum absolute atomic E-state index is 0.995. The molecule has 0 radical (unpaired) electrons. The molecular formula is C16H12N2S2. The lowest BCUT2D eigenvalue weighted by Gasteiger charge is -2.05. The van der Waals surface area contributed by atoms with E-state index >= 15 is 0 Å². The highest BCUT2D eigenvalue weighted by Crippen LogP contribution is 2.47. The molecule has 20 heavy (non-hydrogen) atoms. The summed E-state index contributed by atoms with van der Waals surface area (Å²) in [5, 5.41) is 2.36. The zero-order chi connectivity index (χ0) is 13.4. The van der Waals surface area contributed by atoms with Gasteiger partial charge in [0.25, 0.3) is 0 Å². The smallest absolute Gasteiger partial charge is 0.0904 e. The first-order valence-electron chi connectivity index (χ1n) is 6.78. The van der Waals surface area contributed by atoms with Crippen LogP contribution in [0.25, 0.3) is 20.9 Å². The van der Waals surface area contributed by atoms with Crippen LogP contribution in [0.2, 0.25) is 0 Å². The fourth-order valence-electron chi connectivity index (χ4n) is 3.37. The van der Waals surface area contributed by atoms with Gasteiger partial charge in [0.05, 0.1) is 31.2 Å². The Bertz CT molecular complexity index is 812. The maximum atomic E-state index is 4.67. The topological polar surface area (TPSA) is 25.8 Å². The van der Waals surface area contributed by atoms with Gasteiger partial charge in [-0.1, -0.05) is 0 Å². The van der Waals surface area contributed by atoms with Crippen molar-refractivity contribution in [3.8, 4) is 20.9 Å². The molecule has 0 saturated carbocycles. The summed E-state index contributed by atoms with van der Waals surface area (Å²) in [5.74, 6) is 0. The Labute approximate surface area is 125 Å². The van der Waals surface area contributed by atoms with Gasteiger partial charge in [-0.3, -0.25) is 0 Å². The number of thiazole rings is 2. The number of nitrogens with zero attached hydrogens (tertiary/aromatic N) is 2. The van der Waals surface area contributed by atoms with Gasteiger partial charge in [0.15, 0.2) is 0 Å². The maximum Gasteiger partial charge on any atom is 0.0904 e. The predicted octanol–water partition coefficient (Wildman–Crippen LogP) is 4.36. The molecule has 4 heteroatoms. The molecule has 2 aliphatic rings. The lowest BCUT2D eigenvalue weighted by molar-refractivity contribution is 1.11. The van der Waals surface area contributed by atoms with Gasteiger partial charge in [-0.2, -0.15) is 0 Å². The lowest BCUT2D eigenvalue weighted by Crippen LogP contribution is -1.87. The maximum absolute atomic E-state index is 4.67. The number of aryl methyl sites for hydroxylation is 2. The van der Waals surface area contributed by atoms with Crippen LogP contribution in [0.3, 0.4) is 0 Å². The first kappa shape index (κ1) is 11.2. The zero-order valence-corrected chi connectivity index (χ0v) is 12.9. The van der Waals surface area contributed by atoms with Crippen LogP contribution in [0.4, 0.5) is 0 Å². The highest BCUT2D eigenvalue weighted by molar-refractivity contribution is 7.15. The second-order valence-corrected chi connectivity index (χ2v) is 7.94. The fourth-order valence-corrected chi connectivity index (χ4v) is 5.34. The van der Waals surface area contributed by atoms with Gasteiger partial charge in [-0.15, -0.1) is 22.7 Å². The Kier molecular flexibility index (Phi) is 1.99. The third-order valence-electron chi connectivity index (χ3n) is 4.14. The minimum Gasteiger partial charge on any atom is -0.246 e. The van der Waals surface area contributed by atoms with Crippen molar-refractivity contribution in [1.82, 2.24) is 9.97 Å². The molecule has 0 bridgehead atoms. The summed E-state index contributed by atoms with van der Waals surface area (Å²) >= 11 is 3.66. The van der Waals surface area contributed by atoms with E-state index < -0.39 is 0 Å². The summed E-state index contributed by atoms with van der Waals surface area (Å²) < 4.78 is 0. The summed E-state index contributed by atoms with van der Waals surface area (Å²) in [5.41, 5.74) is 8.25. The molecule has 2 heterocycles. The van der Waals surface area contributed by atoms with E-state index in [0.29, 0.717) is 0 Å². The molecule has 3 aromatic rings. The molecular weight excluding hydrogens is 284 g/mol. The molecule has 0 amide bonds. The highest BCUT2D eigenvalue weighted by Gasteiger charge is 2.28. The standard InChI is InChI=1S/C16H12N2S2/c1-7-17-13-5-9-4-12-10(3-11(9)15(13)19-7)6-14-16(12)20-8(2)18-14/h3-4H,5-6H2,1-2H3. The van der Waals surface area contributed by atoms with Crippen LogP contribution in [-0.2, 0) is 12.8 Å². The summed E-state index contributed by atoms with van der Waals surface area (Å²) in [6.45, 7) is 4.19. The number of rotatable bonds is 0. The second kappa shape index (κ2) is 3.57. The molecule has 0 fully saturated rings.